The summed E-state index contributed by atoms with van der Waals surface area (Å²) in [6, 6.07) is 0. The molecule has 0 heterocycles. The molecule has 86 valence electrons. The molecule has 0 aliphatic heterocycles. The van der Waals surface area contributed by atoms with Crippen LogP contribution in [-0.2, 0) is 9.84 Å². The van der Waals surface area contributed by atoms with Crippen molar-refractivity contribution in [1.82, 2.24) is 4.90 Å². The summed E-state index contributed by atoms with van der Waals surface area (Å²) >= 11 is 0. The average Bonchev–Trinajstić information content (AvgIpc) is 1.99. The van der Waals surface area contributed by atoms with Gasteiger partial charge in [-0.05, 0) is 7.05 Å². The molecule has 0 rings (SSSR count). The zero-order chi connectivity index (χ0) is 11.4. The highest BCUT2D eigenvalue weighted by Gasteiger charge is 2.28. The SMILES string of the molecule is CN(CCS(C)(=O)=O)CC(F)(F)CN. The quantitative estimate of drug-likeness (QED) is 0.671. The largest absolute Gasteiger partial charge is 0.325 e. The number of nitrogens with zero attached hydrogens (tertiary/aromatic N) is 1. The fourth-order valence-electron chi connectivity index (χ4n) is 0.860. The van der Waals surface area contributed by atoms with Crippen molar-refractivity contribution >= 4 is 9.84 Å². The van der Waals surface area contributed by atoms with E-state index < -0.39 is 28.8 Å². The van der Waals surface area contributed by atoms with Crippen LogP contribution in [0.3, 0.4) is 0 Å². The molecule has 0 atom stereocenters. The zero-order valence-electron chi connectivity index (χ0n) is 8.33. The molecular formula is C7H16F2N2O2S. The summed E-state index contributed by atoms with van der Waals surface area (Å²) in [5.41, 5.74) is 4.84. The van der Waals surface area contributed by atoms with Gasteiger partial charge < -0.3 is 5.73 Å². The van der Waals surface area contributed by atoms with Crippen LogP contribution in [0.2, 0.25) is 0 Å². The first-order valence-corrected chi connectivity index (χ1v) is 6.16. The number of sulfone groups is 1. The molecule has 0 radical (unpaired) electrons. The van der Waals surface area contributed by atoms with Crippen LogP contribution in [0.25, 0.3) is 0 Å². The molecule has 0 aliphatic rings. The van der Waals surface area contributed by atoms with Gasteiger partial charge in [0.2, 0.25) is 0 Å². The molecule has 4 nitrogen and oxygen atoms in total. The van der Waals surface area contributed by atoms with Gasteiger partial charge in [0.15, 0.2) is 0 Å². The molecule has 0 unspecified atom stereocenters. The molecule has 0 spiro atoms. The van der Waals surface area contributed by atoms with Crippen molar-refractivity contribution in [1.29, 1.82) is 0 Å². The number of rotatable bonds is 6. The Morgan fingerprint density at radius 1 is 1.43 bits per heavy atom. The molecule has 7 heteroatoms. The van der Waals surface area contributed by atoms with Crippen molar-refractivity contribution in [3.63, 3.8) is 0 Å². The molecule has 0 aliphatic carbocycles. The average molecular weight is 230 g/mol. The molecule has 0 saturated carbocycles. The van der Waals surface area contributed by atoms with Gasteiger partial charge in [0, 0.05) is 12.8 Å². The Bertz CT molecular complexity index is 267. The number of nitrogens with two attached hydrogens (primary N) is 1. The summed E-state index contributed by atoms with van der Waals surface area (Å²) < 4.78 is 46.9. The summed E-state index contributed by atoms with van der Waals surface area (Å²) in [5, 5.41) is 0. The minimum Gasteiger partial charge on any atom is -0.325 e. The standard InChI is InChI=1S/C7H16F2N2O2S/c1-11(3-4-14(2,12)13)6-7(8,9)5-10/h3-6,10H2,1-2H3. The van der Waals surface area contributed by atoms with Gasteiger partial charge in [-0.2, -0.15) is 0 Å². The van der Waals surface area contributed by atoms with Gasteiger partial charge in [-0.3, -0.25) is 4.90 Å². The van der Waals surface area contributed by atoms with E-state index in [1.54, 1.807) is 0 Å². The Hall–Kier alpha value is -0.270. The van der Waals surface area contributed by atoms with Gasteiger partial charge in [0.05, 0.1) is 18.8 Å². The Morgan fingerprint density at radius 2 is 1.93 bits per heavy atom. The van der Waals surface area contributed by atoms with Crippen LogP contribution in [0.4, 0.5) is 8.78 Å². The lowest BCUT2D eigenvalue weighted by Gasteiger charge is -2.22. The Kier molecular flexibility index (Phi) is 4.90. The molecule has 0 aromatic heterocycles. The molecule has 0 fully saturated rings. The van der Waals surface area contributed by atoms with Crippen molar-refractivity contribution in [2.75, 3.05) is 38.7 Å². The minimum absolute atomic E-state index is 0.0917. The molecule has 0 aromatic rings. The first-order chi connectivity index (χ1) is 6.16. The Labute approximate surface area is 83.0 Å². The van der Waals surface area contributed by atoms with E-state index in [4.69, 9.17) is 5.73 Å². The van der Waals surface area contributed by atoms with Crippen LogP contribution in [0.1, 0.15) is 0 Å². The first kappa shape index (κ1) is 13.7. The van der Waals surface area contributed by atoms with Gasteiger partial charge >= 0.3 is 0 Å². The van der Waals surface area contributed by atoms with Gasteiger partial charge in [-0.15, -0.1) is 0 Å². The number of alkyl halides is 2. The zero-order valence-corrected chi connectivity index (χ0v) is 9.15. The highest BCUT2D eigenvalue weighted by Crippen LogP contribution is 2.11. The number of halogens is 2. The fraction of sp³-hybridized carbons (Fsp3) is 1.00. The smallest absolute Gasteiger partial charge is 0.272 e. The summed E-state index contributed by atoms with van der Waals surface area (Å²) in [5.74, 6) is -3.07. The maximum absolute atomic E-state index is 12.7. The monoisotopic (exact) mass is 230 g/mol. The highest BCUT2D eigenvalue weighted by atomic mass is 32.2. The van der Waals surface area contributed by atoms with Crippen LogP contribution in [0, 0.1) is 0 Å². The number of hydrogen-bond donors (Lipinski definition) is 1. The van der Waals surface area contributed by atoms with Gasteiger partial charge in [0.1, 0.15) is 9.84 Å². The highest BCUT2D eigenvalue weighted by molar-refractivity contribution is 7.90. The van der Waals surface area contributed by atoms with Crippen LogP contribution < -0.4 is 5.73 Å². The molecule has 0 aromatic carbocycles. The molecule has 2 N–H and O–H groups in total. The summed E-state index contributed by atoms with van der Waals surface area (Å²) in [4.78, 5) is 1.26. The molecule has 0 amide bonds. The van der Waals surface area contributed by atoms with E-state index in [2.05, 4.69) is 0 Å². The van der Waals surface area contributed by atoms with Crippen molar-refractivity contribution in [2.45, 2.75) is 5.92 Å². The fourth-order valence-corrected chi connectivity index (χ4v) is 1.50. The second-order valence-electron chi connectivity index (χ2n) is 3.43. The van der Waals surface area contributed by atoms with Crippen molar-refractivity contribution in [2.24, 2.45) is 5.73 Å². The predicted molar refractivity (Wildman–Crippen MR) is 51.2 cm³/mol. The van der Waals surface area contributed by atoms with Gasteiger partial charge in [0.25, 0.3) is 5.92 Å². The third kappa shape index (κ3) is 7.16. The third-order valence-electron chi connectivity index (χ3n) is 1.64. The molecule has 14 heavy (non-hydrogen) atoms. The van der Waals surface area contributed by atoms with Crippen molar-refractivity contribution in [3.8, 4) is 0 Å². The van der Waals surface area contributed by atoms with E-state index in [1.807, 2.05) is 0 Å². The molecule has 0 saturated heterocycles. The maximum Gasteiger partial charge on any atom is 0.272 e. The lowest BCUT2D eigenvalue weighted by atomic mass is 10.3. The maximum atomic E-state index is 12.7. The van der Waals surface area contributed by atoms with Crippen LogP contribution in [0.5, 0.6) is 0 Å². The van der Waals surface area contributed by atoms with Crippen molar-refractivity contribution < 1.29 is 17.2 Å². The second-order valence-corrected chi connectivity index (χ2v) is 5.69. The summed E-state index contributed by atoms with van der Waals surface area (Å²) in [6.45, 7) is -1.15. The van der Waals surface area contributed by atoms with E-state index >= 15 is 0 Å². The van der Waals surface area contributed by atoms with E-state index in [1.165, 1.54) is 11.9 Å². The lowest BCUT2D eigenvalue weighted by molar-refractivity contribution is -0.0162. The van der Waals surface area contributed by atoms with Crippen LogP contribution in [0.15, 0.2) is 0 Å². The van der Waals surface area contributed by atoms with E-state index in [0.29, 0.717) is 0 Å². The topological polar surface area (TPSA) is 63.4 Å². The summed E-state index contributed by atoms with van der Waals surface area (Å²) in [7, 11) is -1.66. The van der Waals surface area contributed by atoms with Gasteiger partial charge in [-0.1, -0.05) is 0 Å². The predicted octanol–water partition coefficient (Wildman–Crippen LogP) is -0.443. The second kappa shape index (κ2) is 4.99. The summed E-state index contributed by atoms with van der Waals surface area (Å²) in [6.07, 6.45) is 1.07. The van der Waals surface area contributed by atoms with Crippen molar-refractivity contribution in [3.05, 3.63) is 0 Å². The van der Waals surface area contributed by atoms with E-state index in [-0.39, 0.29) is 12.3 Å². The molecule has 0 bridgehead atoms. The first-order valence-electron chi connectivity index (χ1n) is 4.10. The van der Waals surface area contributed by atoms with E-state index in [0.717, 1.165) is 6.26 Å². The van der Waals surface area contributed by atoms with Gasteiger partial charge in [-0.25, -0.2) is 17.2 Å². The van der Waals surface area contributed by atoms with Crippen LogP contribution >= 0.6 is 0 Å². The third-order valence-corrected chi connectivity index (χ3v) is 2.57. The minimum atomic E-state index is -3.10. The normalized spacial score (nSPS) is 13.6. The Morgan fingerprint density at radius 3 is 2.29 bits per heavy atom. The van der Waals surface area contributed by atoms with E-state index in [9.17, 15) is 17.2 Å². The van der Waals surface area contributed by atoms with Crippen LogP contribution in [-0.4, -0.2) is 57.9 Å². The Balaban J connectivity index is 3.94. The molecular weight excluding hydrogens is 214 g/mol. The number of hydrogen-bond acceptors (Lipinski definition) is 4. The lowest BCUT2D eigenvalue weighted by Crippen LogP contribution is -2.41.